The Hall–Kier alpha value is -0.860. The highest BCUT2D eigenvalue weighted by molar-refractivity contribution is 5.33. The van der Waals surface area contributed by atoms with E-state index in [4.69, 9.17) is 0 Å². The van der Waals surface area contributed by atoms with Crippen molar-refractivity contribution in [2.45, 2.75) is 90.3 Å². The second kappa shape index (κ2) is 7.61. The molecule has 2 N–H and O–H groups in total. The lowest BCUT2D eigenvalue weighted by Gasteiger charge is -2.30. The van der Waals surface area contributed by atoms with Gasteiger partial charge in [-0.3, -0.25) is 0 Å². The van der Waals surface area contributed by atoms with Crippen molar-refractivity contribution in [2.75, 3.05) is 0 Å². The Morgan fingerprint density at radius 2 is 1.18 bits per heavy atom. The van der Waals surface area contributed by atoms with Gasteiger partial charge in [-0.15, -0.1) is 0 Å². The number of hydrogen-bond acceptors (Lipinski definition) is 2. The molecule has 0 fully saturated rings. The minimum absolute atomic E-state index is 0.0628. The summed E-state index contributed by atoms with van der Waals surface area (Å²) in [5.74, 6) is 0. The minimum atomic E-state index is -0.245. The predicted octanol–water partition coefficient (Wildman–Crippen LogP) is 4.56. The second-order valence-electron chi connectivity index (χ2n) is 8.12. The van der Waals surface area contributed by atoms with Crippen LogP contribution in [0.1, 0.15) is 78.4 Å². The molecule has 2 heteroatoms. The lowest BCUT2D eigenvalue weighted by Crippen LogP contribution is -2.23. The van der Waals surface area contributed by atoms with Gasteiger partial charge in [0.25, 0.3) is 0 Å². The lowest BCUT2D eigenvalue weighted by molar-refractivity contribution is 0.171. The van der Waals surface area contributed by atoms with Crippen LogP contribution in [0.5, 0.6) is 0 Å². The molecule has 2 nitrogen and oxygen atoms in total. The van der Waals surface area contributed by atoms with E-state index in [1.54, 1.807) is 0 Å². The molecule has 0 aromatic heterocycles. The molecule has 0 radical (unpaired) electrons. The van der Waals surface area contributed by atoms with Crippen LogP contribution in [0, 0.1) is 0 Å². The van der Waals surface area contributed by atoms with E-state index < -0.39 is 0 Å². The van der Waals surface area contributed by atoms with Crippen LogP contribution in [0.4, 0.5) is 0 Å². The quantitative estimate of drug-likeness (QED) is 0.739. The van der Waals surface area contributed by atoms with Crippen LogP contribution in [0.15, 0.2) is 24.3 Å². The SMILES string of the molecule is CC(O)CCC(C)(C)c1cccc(C(C)(C)CCC(C)O)c1. The molecule has 126 valence electrons. The van der Waals surface area contributed by atoms with Crippen molar-refractivity contribution in [1.82, 2.24) is 0 Å². The first-order chi connectivity index (χ1) is 10.0. The van der Waals surface area contributed by atoms with Crippen LogP contribution in [0.25, 0.3) is 0 Å². The zero-order valence-corrected chi connectivity index (χ0v) is 15.2. The van der Waals surface area contributed by atoms with Gasteiger partial charge in [-0.05, 0) is 61.5 Å². The minimum Gasteiger partial charge on any atom is -0.393 e. The maximum Gasteiger partial charge on any atom is 0.0512 e. The molecular formula is C20H34O2. The van der Waals surface area contributed by atoms with E-state index in [0.717, 1.165) is 25.7 Å². The van der Waals surface area contributed by atoms with Gasteiger partial charge in [0.05, 0.1) is 12.2 Å². The average Bonchev–Trinajstić information content (AvgIpc) is 2.43. The van der Waals surface area contributed by atoms with Gasteiger partial charge in [-0.25, -0.2) is 0 Å². The topological polar surface area (TPSA) is 40.5 Å². The Balaban J connectivity index is 2.93. The zero-order chi connectivity index (χ0) is 17.0. The molecule has 1 aromatic carbocycles. The average molecular weight is 306 g/mol. The summed E-state index contributed by atoms with van der Waals surface area (Å²) in [7, 11) is 0. The molecule has 0 heterocycles. The molecule has 0 bridgehead atoms. The first-order valence-corrected chi connectivity index (χ1v) is 8.52. The first kappa shape index (κ1) is 19.2. The molecular weight excluding hydrogens is 272 g/mol. The van der Waals surface area contributed by atoms with Crippen molar-refractivity contribution < 1.29 is 10.2 Å². The number of benzene rings is 1. The van der Waals surface area contributed by atoms with Gasteiger partial charge in [0.1, 0.15) is 0 Å². The van der Waals surface area contributed by atoms with Crippen molar-refractivity contribution in [2.24, 2.45) is 0 Å². The summed E-state index contributed by atoms with van der Waals surface area (Å²) >= 11 is 0. The molecule has 0 aliphatic carbocycles. The van der Waals surface area contributed by atoms with E-state index in [1.807, 2.05) is 13.8 Å². The predicted molar refractivity (Wildman–Crippen MR) is 94.3 cm³/mol. The Kier molecular flexibility index (Phi) is 6.64. The molecule has 0 amide bonds. The third-order valence-corrected chi connectivity index (χ3v) is 4.80. The Bertz CT molecular complexity index is 419. The van der Waals surface area contributed by atoms with Crippen molar-refractivity contribution >= 4 is 0 Å². The molecule has 1 rings (SSSR count). The third-order valence-electron chi connectivity index (χ3n) is 4.80. The Morgan fingerprint density at radius 1 is 0.818 bits per heavy atom. The number of aliphatic hydroxyl groups excluding tert-OH is 2. The third kappa shape index (κ3) is 5.73. The Labute approximate surface area is 136 Å². The highest BCUT2D eigenvalue weighted by Crippen LogP contribution is 2.34. The van der Waals surface area contributed by atoms with E-state index in [2.05, 4.69) is 52.0 Å². The molecule has 2 unspecified atom stereocenters. The van der Waals surface area contributed by atoms with Crippen molar-refractivity contribution in [3.8, 4) is 0 Å². The summed E-state index contributed by atoms with van der Waals surface area (Å²) in [6.45, 7) is 12.7. The summed E-state index contributed by atoms with van der Waals surface area (Å²) in [4.78, 5) is 0. The first-order valence-electron chi connectivity index (χ1n) is 8.52. The van der Waals surface area contributed by atoms with Crippen LogP contribution in [0.3, 0.4) is 0 Å². The molecule has 22 heavy (non-hydrogen) atoms. The van der Waals surface area contributed by atoms with Gasteiger partial charge in [-0.1, -0.05) is 52.0 Å². The highest BCUT2D eigenvalue weighted by Gasteiger charge is 2.25. The van der Waals surface area contributed by atoms with Crippen LogP contribution in [-0.4, -0.2) is 22.4 Å². The lowest BCUT2D eigenvalue weighted by atomic mass is 9.75. The summed E-state index contributed by atoms with van der Waals surface area (Å²) in [6.07, 6.45) is 3.10. The van der Waals surface area contributed by atoms with Crippen LogP contribution in [-0.2, 0) is 10.8 Å². The van der Waals surface area contributed by atoms with Gasteiger partial charge in [-0.2, -0.15) is 0 Å². The summed E-state index contributed by atoms with van der Waals surface area (Å²) in [6, 6.07) is 8.83. The van der Waals surface area contributed by atoms with E-state index in [0.29, 0.717) is 0 Å². The number of rotatable bonds is 8. The van der Waals surface area contributed by atoms with Crippen LogP contribution >= 0.6 is 0 Å². The normalized spacial score (nSPS) is 15.6. The zero-order valence-electron chi connectivity index (χ0n) is 15.2. The highest BCUT2D eigenvalue weighted by atomic mass is 16.3. The Morgan fingerprint density at radius 3 is 1.50 bits per heavy atom. The maximum absolute atomic E-state index is 9.54. The largest absolute Gasteiger partial charge is 0.393 e. The van der Waals surface area contributed by atoms with E-state index >= 15 is 0 Å². The smallest absolute Gasteiger partial charge is 0.0512 e. The van der Waals surface area contributed by atoms with Gasteiger partial charge < -0.3 is 10.2 Å². The molecule has 2 atom stereocenters. The fourth-order valence-corrected chi connectivity index (χ4v) is 2.79. The van der Waals surface area contributed by atoms with E-state index in [9.17, 15) is 10.2 Å². The summed E-state index contributed by atoms with van der Waals surface area (Å²) in [5, 5.41) is 19.1. The van der Waals surface area contributed by atoms with Gasteiger partial charge in [0.15, 0.2) is 0 Å². The van der Waals surface area contributed by atoms with Gasteiger partial charge in [0, 0.05) is 0 Å². The molecule has 0 saturated heterocycles. The summed E-state index contributed by atoms with van der Waals surface area (Å²) < 4.78 is 0. The number of aliphatic hydroxyl groups is 2. The molecule has 0 spiro atoms. The second-order valence-corrected chi connectivity index (χ2v) is 8.12. The van der Waals surface area contributed by atoms with Gasteiger partial charge in [0.2, 0.25) is 0 Å². The van der Waals surface area contributed by atoms with Crippen LogP contribution in [0.2, 0.25) is 0 Å². The van der Waals surface area contributed by atoms with Gasteiger partial charge >= 0.3 is 0 Å². The fourth-order valence-electron chi connectivity index (χ4n) is 2.79. The number of hydrogen-bond donors (Lipinski definition) is 2. The molecule has 1 aromatic rings. The fraction of sp³-hybridized carbons (Fsp3) is 0.700. The molecule has 0 aliphatic heterocycles. The van der Waals surface area contributed by atoms with Crippen molar-refractivity contribution in [3.63, 3.8) is 0 Å². The van der Waals surface area contributed by atoms with Crippen molar-refractivity contribution in [1.29, 1.82) is 0 Å². The van der Waals surface area contributed by atoms with Crippen LogP contribution < -0.4 is 0 Å². The monoisotopic (exact) mass is 306 g/mol. The molecule has 0 aliphatic rings. The summed E-state index contributed by atoms with van der Waals surface area (Å²) in [5.41, 5.74) is 2.78. The standard InChI is InChI=1S/C20H34O2/c1-15(21)10-12-19(3,4)17-8-7-9-18(14-17)20(5,6)13-11-16(2)22/h7-9,14-16,21-22H,10-13H2,1-6H3. The van der Waals surface area contributed by atoms with E-state index in [1.165, 1.54) is 11.1 Å². The van der Waals surface area contributed by atoms with E-state index in [-0.39, 0.29) is 23.0 Å². The molecule has 0 saturated carbocycles. The maximum atomic E-state index is 9.54. The van der Waals surface area contributed by atoms with Crippen molar-refractivity contribution in [3.05, 3.63) is 35.4 Å².